The molecule has 0 spiro atoms. The lowest BCUT2D eigenvalue weighted by atomic mass is 9.85. The van der Waals surface area contributed by atoms with Gasteiger partial charge in [0.15, 0.2) is 0 Å². The summed E-state index contributed by atoms with van der Waals surface area (Å²) in [5.74, 6) is 1.44. The molecule has 0 saturated carbocycles. The number of fused-ring (bicyclic) bond motifs is 1. The van der Waals surface area contributed by atoms with Gasteiger partial charge in [-0.05, 0) is 60.2 Å². The maximum atomic E-state index is 9.58. The van der Waals surface area contributed by atoms with Crippen LogP contribution in [0.3, 0.4) is 0 Å². The minimum atomic E-state index is -0.0383. The van der Waals surface area contributed by atoms with Crippen molar-refractivity contribution in [2.45, 2.75) is 38.5 Å². The van der Waals surface area contributed by atoms with Gasteiger partial charge in [0, 0.05) is 23.7 Å². The number of benzene rings is 2. The predicted molar refractivity (Wildman–Crippen MR) is 114 cm³/mol. The summed E-state index contributed by atoms with van der Waals surface area (Å²) < 4.78 is 11.0. The highest BCUT2D eigenvalue weighted by Crippen LogP contribution is 2.41. The number of aliphatic hydroxyl groups excluding tert-OH is 2. The van der Waals surface area contributed by atoms with Crippen LogP contribution in [0.15, 0.2) is 36.4 Å². The lowest BCUT2D eigenvalue weighted by molar-refractivity contribution is 0.273. The van der Waals surface area contributed by atoms with Gasteiger partial charge in [-0.2, -0.15) is 0 Å². The summed E-state index contributed by atoms with van der Waals surface area (Å²) in [5, 5.41) is 19.2. The zero-order chi connectivity index (χ0) is 20.4. The number of nitrogens with zero attached hydrogens (tertiary/aromatic N) is 1. The van der Waals surface area contributed by atoms with Gasteiger partial charge in [0.1, 0.15) is 11.5 Å². The maximum absolute atomic E-state index is 9.58. The molecule has 2 N–H and O–H groups in total. The Morgan fingerprint density at radius 3 is 2.03 bits per heavy atom. The molecule has 2 aliphatic rings. The smallest absolute Gasteiger partial charge is 0.124 e. The van der Waals surface area contributed by atoms with Crippen molar-refractivity contribution in [2.24, 2.45) is 0 Å². The topological polar surface area (TPSA) is 62.2 Å². The zero-order valence-corrected chi connectivity index (χ0v) is 17.1. The van der Waals surface area contributed by atoms with Gasteiger partial charge in [0.05, 0.1) is 27.4 Å². The van der Waals surface area contributed by atoms with E-state index in [-0.39, 0.29) is 13.2 Å². The summed E-state index contributed by atoms with van der Waals surface area (Å²) in [6.45, 7) is 1.97. The second-order valence-electron chi connectivity index (χ2n) is 7.80. The van der Waals surface area contributed by atoms with E-state index in [0.717, 1.165) is 47.5 Å². The van der Waals surface area contributed by atoms with E-state index in [1.807, 2.05) is 24.3 Å². The third-order valence-electron chi connectivity index (χ3n) is 6.28. The van der Waals surface area contributed by atoms with Gasteiger partial charge in [0.2, 0.25) is 0 Å². The molecule has 1 atom stereocenters. The van der Waals surface area contributed by atoms with Gasteiger partial charge in [0.25, 0.3) is 0 Å². The van der Waals surface area contributed by atoms with Crippen LogP contribution in [0.5, 0.6) is 11.5 Å². The Kier molecular flexibility index (Phi) is 5.90. The molecule has 4 rings (SSSR count). The normalized spacial score (nSPS) is 19.4. The molecule has 1 fully saturated rings. The minimum Gasteiger partial charge on any atom is -0.496 e. The largest absolute Gasteiger partial charge is 0.496 e. The van der Waals surface area contributed by atoms with Gasteiger partial charge >= 0.3 is 0 Å². The van der Waals surface area contributed by atoms with E-state index < -0.39 is 0 Å². The fourth-order valence-corrected chi connectivity index (χ4v) is 4.68. The Morgan fingerprint density at radius 2 is 1.48 bits per heavy atom. The highest BCUT2D eigenvalue weighted by Gasteiger charge is 2.32. The molecule has 29 heavy (non-hydrogen) atoms. The van der Waals surface area contributed by atoms with Crippen molar-refractivity contribution >= 4 is 11.1 Å². The quantitative estimate of drug-likeness (QED) is 0.784. The van der Waals surface area contributed by atoms with Crippen LogP contribution in [-0.4, -0.2) is 48.5 Å². The SMILES string of the molecule is COc1cc(C2=C(c3ccc(CO)c(OC)c3)CN3CCCC3C2)ccc1CO. The van der Waals surface area contributed by atoms with E-state index in [1.54, 1.807) is 14.2 Å². The first-order chi connectivity index (χ1) is 14.2. The summed E-state index contributed by atoms with van der Waals surface area (Å²) in [5.41, 5.74) is 6.49. The van der Waals surface area contributed by atoms with E-state index in [1.165, 1.54) is 24.0 Å². The summed E-state index contributed by atoms with van der Waals surface area (Å²) >= 11 is 0. The van der Waals surface area contributed by atoms with Crippen LogP contribution < -0.4 is 9.47 Å². The van der Waals surface area contributed by atoms with Crippen LogP contribution in [0.1, 0.15) is 41.5 Å². The molecule has 2 aromatic rings. The van der Waals surface area contributed by atoms with Crippen molar-refractivity contribution in [2.75, 3.05) is 27.3 Å². The summed E-state index contributed by atoms with van der Waals surface area (Å²) in [6.07, 6.45) is 3.47. The molecule has 1 saturated heterocycles. The average molecular weight is 395 g/mol. The lowest BCUT2D eigenvalue weighted by Crippen LogP contribution is -2.35. The molecular weight excluding hydrogens is 366 g/mol. The highest BCUT2D eigenvalue weighted by molar-refractivity contribution is 5.93. The average Bonchev–Trinajstić information content (AvgIpc) is 3.24. The third kappa shape index (κ3) is 3.78. The van der Waals surface area contributed by atoms with E-state index in [0.29, 0.717) is 11.8 Å². The number of methoxy groups -OCH3 is 2. The van der Waals surface area contributed by atoms with Gasteiger partial charge in [-0.25, -0.2) is 0 Å². The van der Waals surface area contributed by atoms with Crippen LogP contribution in [0, 0.1) is 0 Å². The molecule has 2 aromatic carbocycles. The van der Waals surface area contributed by atoms with Crippen LogP contribution >= 0.6 is 0 Å². The lowest BCUT2D eigenvalue weighted by Gasteiger charge is -2.34. The van der Waals surface area contributed by atoms with Crippen molar-refractivity contribution in [3.63, 3.8) is 0 Å². The van der Waals surface area contributed by atoms with Crippen LogP contribution in [0.4, 0.5) is 0 Å². The van der Waals surface area contributed by atoms with Gasteiger partial charge in [-0.1, -0.05) is 24.3 Å². The van der Waals surface area contributed by atoms with Crippen LogP contribution in [0.2, 0.25) is 0 Å². The molecule has 2 aliphatic heterocycles. The van der Waals surface area contributed by atoms with Gasteiger partial charge in [-0.3, -0.25) is 4.90 Å². The van der Waals surface area contributed by atoms with Crippen molar-refractivity contribution in [3.05, 3.63) is 58.7 Å². The van der Waals surface area contributed by atoms with Crippen molar-refractivity contribution in [3.8, 4) is 11.5 Å². The Hall–Kier alpha value is -2.34. The summed E-state index contributed by atoms with van der Waals surface area (Å²) in [7, 11) is 3.29. The summed E-state index contributed by atoms with van der Waals surface area (Å²) in [4.78, 5) is 2.57. The molecule has 0 bridgehead atoms. The van der Waals surface area contributed by atoms with Crippen molar-refractivity contribution in [1.29, 1.82) is 0 Å². The molecular formula is C24H29NO4. The minimum absolute atomic E-state index is 0.0361. The second kappa shape index (κ2) is 8.57. The highest BCUT2D eigenvalue weighted by atomic mass is 16.5. The van der Waals surface area contributed by atoms with Crippen LogP contribution in [-0.2, 0) is 13.2 Å². The molecule has 5 nitrogen and oxygen atoms in total. The third-order valence-corrected chi connectivity index (χ3v) is 6.28. The number of hydrogen-bond donors (Lipinski definition) is 2. The maximum Gasteiger partial charge on any atom is 0.124 e. The molecule has 0 radical (unpaired) electrons. The van der Waals surface area contributed by atoms with Crippen molar-refractivity contribution < 1.29 is 19.7 Å². The van der Waals surface area contributed by atoms with E-state index in [9.17, 15) is 10.2 Å². The predicted octanol–water partition coefficient (Wildman–Crippen LogP) is 3.47. The Labute approximate surface area is 172 Å². The first-order valence-corrected chi connectivity index (χ1v) is 10.2. The number of rotatable bonds is 6. The number of hydrogen-bond acceptors (Lipinski definition) is 5. The fourth-order valence-electron chi connectivity index (χ4n) is 4.68. The Balaban J connectivity index is 1.84. The first-order valence-electron chi connectivity index (χ1n) is 10.2. The molecule has 0 aliphatic carbocycles. The van der Waals surface area contributed by atoms with Crippen molar-refractivity contribution in [1.82, 2.24) is 4.90 Å². The standard InChI is InChI=1S/C24H29NO4/c1-28-23-10-16(5-7-18(23)14-26)21-12-20-4-3-9-25(20)13-22(21)17-6-8-19(15-27)24(11-17)29-2/h5-8,10-11,20,26-27H,3-4,9,12-15H2,1-2H3. The molecule has 1 unspecified atom stereocenters. The Morgan fingerprint density at radius 1 is 0.897 bits per heavy atom. The fraction of sp³-hybridized carbons (Fsp3) is 0.417. The van der Waals surface area contributed by atoms with E-state index >= 15 is 0 Å². The van der Waals surface area contributed by atoms with Gasteiger partial charge in [-0.15, -0.1) is 0 Å². The number of ether oxygens (including phenoxy) is 2. The zero-order valence-electron chi connectivity index (χ0n) is 17.1. The second-order valence-corrected chi connectivity index (χ2v) is 7.80. The monoisotopic (exact) mass is 395 g/mol. The van der Waals surface area contributed by atoms with Gasteiger partial charge < -0.3 is 19.7 Å². The molecule has 154 valence electrons. The van der Waals surface area contributed by atoms with E-state index in [2.05, 4.69) is 17.0 Å². The Bertz CT molecular complexity index is 848. The first kappa shape index (κ1) is 20.0. The molecule has 2 heterocycles. The number of aliphatic hydroxyl groups is 2. The van der Waals surface area contributed by atoms with E-state index in [4.69, 9.17) is 9.47 Å². The summed E-state index contributed by atoms with van der Waals surface area (Å²) in [6, 6.07) is 12.7. The molecule has 5 heteroatoms. The molecule has 0 aromatic heterocycles. The van der Waals surface area contributed by atoms with Crippen LogP contribution in [0.25, 0.3) is 11.1 Å². The molecule has 0 amide bonds.